The molecule has 4 nitrogen and oxygen atoms in total. The summed E-state index contributed by atoms with van der Waals surface area (Å²) in [5.41, 5.74) is 6.73. The van der Waals surface area contributed by atoms with Gasteiger partial charge in [-0.1, -0.05) is 0 Å². The molecule has 0 bridgehead atoms. The van der Waals surface area contributed by atoms with Gasteiger partial charge in [0.15, 0.2) is 0 Å². The van der Waals surface area contributed by atoms with Crippen molar-refractivity contribution in [3.05, 3.63) is 24.3 Å². The molecule has 0 spiro atoms. The number of hydrogen-bond acceptors (Lipinski definition) is 4. The molecule has 76 valence electrons. The minimum Gasteiger partial charge on any atom is -0.330 e. The highest BCUT2D eigenvalue weighted by Crippen LogP contribution is 2.16. The van der Waals surface area contributed by atoms with Gasteiger partial charge in [0.05, 0.1) is 5.69 Å². The lowest BCUT2D eigenvalue weighted by molar-refractivity contribution is 0.314. The fourth-order valence-electron chi connectivity index (χ4n) is 1.89. The summed E-state index contributed by atoms with van der Waals surface area (Å²) < 4.78 is 0. The second kappa shape index (κ2) is 4.48. The van der Waals surface area contributed by atoms with Crippen LogP contribution in [0.1, 0.15) is 12.1 Å². The van der Waals surface area contributed by atoms with E-state index < -0.39 is 0 Å². The molecule has 1 unspecified atom stereocenters. The molecule has 1 aromatic rings. The van der Waals surface area contributed by atoms with E-state index in [0.29, 0.717) is 5.92 Å². The normalized spacial score (nSPS) is 22.8. The van der Waals surface area contributed by atoms with Gasteiger partial charge >= 0.3 is 0 Å². The summed E-state index contributed by atoms with van der Waals surface area (Å²) in [4.78, 5) is 10.5. The molecule has 0 saturated carbocycles. The number of likely N-dealkylation sites (tertiary alicyclic amines) is 1. The zero-order valence-electron chi connectivity index (χ0n) is 8.26. The van der Waals surface area contributed by atoms with Gasteiger partial charge in [0.25, 0.3) is 0 Å². The van der Waals surface area contributed by atoms with Crippen molar-refractivity contribution in [3.8, 4) is 0 Å². The average molecular weight is 192 g/mol. The Labute approximate surface area is 84.2 Å². The number of hydrogen-bond donors (Lipinski definition) is 1. The van der Waals surface area contributed by atoms with E-state index in [2.05, 4.69) is 14.9 Å². The minimum atomic E-state index is 0.678. The third-order valence-corrected chi connectivity index (χ3v) is 2.73. The summed E-state index contributed by atoms with van der Waals surface area (Å²) in [5.74, 6) is 0.678. The van der Waals surface area contributed by atoms with Crippen molar-refractivity contribution in [2.75, 3.05) is 19.6 Å². The first-order valence-corrected chi connectivity index (χ1v) is 5.06. The van der Waals surface area contributed by atoms with Crippen LogP contribution < -0.4 is 5.73 Å². The predicted molar refractivity (Wildman–Crippen MR) is 54.5 cm³/mol. The Morgan fingerprint density at radius 3 is 3.14 bits per heavy atom. The zero-order valence-corrected chi connectivity index (χ0v) is 8.26. The monoisotopic (exact) mass is 192 g/mol. The second-order valence-corrected chi connectivity index (χ2v) is 3.83. The smallest absolute Gasteiger partial charge is 0.115 e. The molecule has 2 heterocycles. The van der Waals surface area contributed by atoms with Crippen molar-refractivity contribution in [3.63, 3.8) is 0 Å². The number of rotatable bonds is 3. The van der Waals surface area contributed by atoms with Gasteiger partial charge in [-0.05, 0) is 31.5 Å². The van der Waals surface area contributed by atoms with Crippen molar-refractivity contribution < 1.29 is 0 Å². The molecular weight excluding hydrogens is 176 g/mol. The molecule has 0 aliphatic carbocycles. The first-order chi connectivity index (χ1) is 6.88. The largest absolute Gasteiger partial charge is 0.330 e. The molecular formula is C10H16N4. The molecule has 0 radical (unpaired) electrons. The summed E-state index contributed by atoms with van der Waals surface area (Å²) in [6.45, 7) is 3.99. The van der Waals surface area contributed by atoms with Crippen LogP contribution >= 0.6 is 0 Å². The summed E-state index contributed by atoms with van der Waals surface area (Å²) in [5, 5.41) is 0. The van der Waals surface area contributed by atoms with Crippen LogP contribution in [0.4, 0.5) is 0 Å². The average Bonchev–Trinajstić information content (AvgIpc) is 2.67. The SMILES string of the molecule is NCC1CCN(Cc2ccncn2)C1. The van der Waals surface area contributed by atoms with E-state index in [-0.39, 0.29) is 0 Å². The first kappa shape index (κ1) is 9.55. The Morgan fingerprint density at radius 1 is 1.57 bits per heavy atom. The summed E-state index contributed by atoms with van der Waals surface area (Å²) in [6, 6.07) is 1.97. The molecule has 1 aliphatic rings. The third kappa shape index (κ3) is 2.27. The maximum absolute atomic E-state index is 5.64. The van der Waals surface area contributed by atoms with Gasteiger partial charge in [-0.25, -0.2) is 9.97 Å². The Kier molecular flexibility index (Phi) is 3.06. The van der Waals surface area contributed by atoms with E-state index in [0.717, 1.165) is 31.9 Å². The van der Waals surface area contributed by atoms with Crippen LogP contribution in [0.25, 0.3) is 0 Å². The quantitative estimate of drug-likeness (QED) is 0.746. The molecule has 2 N–H and O–H groups in total. The van der Waals surface area contributed by atoms with Gasteiger partial charge in [-0.15, -0.1) is 0 Å². The van der Waals surface area contributed by atoms with Crippen LogP contribution in [0.2, 0.25) is 0 Å². The van der Waals surface area contributed by atoms with E-state index in [1.54, 1.807) is 12.5 Å². The highest BCUT2D eigenvalue weighted by atomic mass is 15.2. The Bertz CT molecular complexity index is 275. The molecule has 2 rings (SSSR count). The standard InChI is InChI=1S/C10H16N4/c11-5-9-2-4-14(6-9)7-10-1-3-12-8-13-10/h1,3,8-9H,2,4-7,11H2. The van der Waals surface area contributed by atoms with Gasteiger partial charge in [0, 0.05) is 19.3 Å². The highest BCUT2D eigenvalue weighted by molar-refractivity contribution is 4.98. The molecule has 4 heteroatoms. The van der Waals surface area contributed by atoms with Crippen LogP contribution in [-0.4, -0.2) is 34.5 Å². The van der Waals surface area contributed by atoms with E-state index in [1.165, 1.54) is 6.42 Å². The summed E-state index contributed by atoms with van der Waals surface area (Å²) in [7, 11) is 0. The van der Waals surface area contributed by atoms with E-state index in [4.69, 9.17) is 5.73 Å². The van der Waals surface area contributed by atoms with Crippen LogP contribution in [0.3, 0.4) is 0 Å². The fourth-order valence-corrected chi connectivity index (χ4v) is 1.89. The molecule has 14 heavy (non-hydrogen) atoms. The molecule has 1 fully saturated rings. The number of nitrogens with zero attached hydrogens (tertiary/aromatic N) is 3. The maximum Gasteiger partial charge on any atom is 0.115 e. The summed E-state index contributed by atoms with van der Waals surface area (Å²) >= 11 is 0. The Hall–Kier alpha value is -1.00. The molecule has 1 aromatic heterocycles. The van der Waals surface area contributed by atoms with Crippen LogP contribution in [0.15, 0.2) is 18.6 Å². The molecule has 0 amide bonds. The molecule has 1 aliphatic heterocycles. The van der Waals surface area contributed by atoms with Crippen molar-refractivity contribution in [2.24, 2.45) is 11.7 Å². The van der Waals surface area contributed by atoms with E-state index in [1.807, 2.05) is 6.07 Å². The fraction of sp³-hybridized carbons (Fsp3) is 0.600. The van der Waals surface area contributed by atoms with Crippen molar-refractivity contribution in [1.82, 2.24) is 14.9 Å². The second-order valence-electron chi connectivity index (χ2n) is 3.83. The Balaban J connectivity index is 1.88. The highest BCUT2D eigenvalue weighted by Gasteiger charge is 2.20. The van der Waals surface area contributed by atoms with Crippen LogP contribution in [0, 0.1) is 5.92 Å². The summed E-state index contributed by atoms with van der Waals surface area (Å²) in [6.07, 6.45) is 4.62. The van der Waals surface area contributed by atoms with E-state index in [9.17, 15) is 0 Å². The zero-order chi connectivity index (χ0) is 9.80. The van der Waals surface area contributed by atoms with Crippen LogP contribution in [-0.2, 0) is 6.54 Å². The molecule has 0 aromatic carbocycles. The van der Waals surface area contributed by atoms with E-state index >= 15 is 0 Å². The molecule has 1 atom stereocenters. The van der Waals surface area contributed by atoms with Gasteiger partial charge in [-0.2, -0.15) is 0 Å². The Morgan fingerprint density at radius 2 is 2.50 bits per heavy atom. The van der Waals surface area contributed by atoms with Gasteiger partial charge in [0.2, 0.25) is 0 Å². The lowest BCUT2D eigenvalue weighted by Gasteiger charge is -2.14. The van der Waals surface area contributed by atoms with Crippen molar-refractivity contribution in [1.29, 1.82) is 0 Å². The van der Waals surface area contributed by atoms with Crippen molar-refractivity contribution >= 4 is 0 Å². The van der Waals surface area contributed by atoms with Crippen molar-refractivity contribution in [2.45, 2.75) is 13.0 Å². The molecule has 1 saturated heterocycles. The van der Waals surface area contributed by atoms with Gasteiger partial charge in [-0.3, -0.25) is 4.90 Å². The minimum absolute atomic E-state index is 0.678. The predicted octanol–water partition coefficient (Wildman–Crippen LogP) is 0.257. The maximum atomic E-state index is 5.64. The van der Waals surface area contributed by atoms with Gasteiger partial charge in [0.1, 0.15) is 6.33 Å². The topological polar surface area (TPSA) is 55.0 Å². The van der Waals surface area contributed by atoms with Gasteiger partial charge < -0.3 is 5.73 Å². The lowest BCUT2D eigenvalue weighted by atomic mass is 10.1. The number of aromatic nitrogens is 2. The number of nitrogens with two attached hydrogens (primary N) is 1. The first-order valence-electron chi connectivity index (χ1n) is 5.06. The lowest BCUT2D eigenvalue weighted by Crippen LogP contribution is -2.23. The third-order valence-electron chi connectivity index (χ3n) is 2.73. The van der Waals surface area contributed by atoms with Crippen LogP contribution in [0.5, 0.6) is 0 Å².